The van der Waals surface area contributed by atoms with Gasteiger partial charge in [-0.2, -0.15) is 5.10 Å². The van der Waals surface area contributed by atoms with Crippen molar-refractivity contribution in [3.05, 3.63) is 102 Å². The van der Waals surface area contributed by atoms with E-state index in [1.54, 1.807) is 0 Å². The Kier molecular flexibility index (Phi) is 5.37. The quantitative estimate of drug-likeness (QED) is 0.304. The first kappa shape index (κ1) is 19.3. The number of aromatic nitrogens is 4. The monoisotopic (exact) mass is 424 g/mol. The zero-order valence-electron chi connectivity index (χ0n) is 17.0. The predicted molar refractivity (Wildman–Crippen MR) is 123 cm³/mol. The van der Waals surface area contributed by atoms with Gasteiger partial charge in [-0.25, -0.2) is 4.68 Å². The summed E-state index contributed by atoms with van der Waals surface area (Å²) in [6, 6.07) is 28.4. The summed E-state index contributed by atoms with van der Waals surface area (Å²) in [4.78, 5) is 0. The van der Waals surface area contributed by atoms with E-state index in [0.29, 0.717) is 16.9 Å². The van der Waals surface area contributed by atoms with E-state index in [-0.39, 0.29) is 0 Å². The van der Waals surface area contributed by atoms with Crippen molar-refractivity contribution < 1.29 is 4.42 Å². The molecule has 152 valence electrons. The second-order valence-corrected chi connectivity index (χ2v) is 8.05. The molecule has 0 amide bonds. The minimum absolute atomic E-state index is 0.545. The fourth-order valence-corrected chi connectivity index (χ4v) is 4.12. The van der Waals surface area contributed by atoms with Crippen LogP contribution >= 0.6 is 11.8 Å². The Hall–Kier alpha value is -3.64. The number of rotatable bonds is 6. The van der Waals surface area contributed by atoms with Crippen molar-refractivity contribution in [2.45, 2.75) is 17.9 Å². The van der Waals surface area contributed by atoms with Crippen LogP contribution in [0.2, 0.25) is 0 Å². The van der Waals surface area contributed by atoms with Crippen LogP contribution in [0.5, 0.6) is 0 Å². The number of hydrogen-bond donors (Lipinski definition) is 0. The normalized spacial score (nSPS) is 11.0. The van der Waals surface area contributed by atoms with Gasteiger partial charge in [0.15, 0.2) is 0 Å². The zero-order valence-corrected chi connectivity index (χ0v) is 17.8. The van der Waals surface area contributed by atoms with Crippen LogP contribution in [0, 0.1) is 6.92 Å². The standard InChI is InChI=1S/C25H20N4OS/c1-18-10-8-9-15-22(18)24-26-27-25(30-24)31-17-20-16-29(21-13-6-3-7-14-21)28-23(20)19-11-4-2-5-12-19/h2-16H,17H2,1H3. The van der Waals surface area contributed by atoms with Crippen molar-refractivity contribution in [3.63, 3.8) is 0 Å². The molecule has 31 heavy (non-hydrogen) atoms. The van der Waals surface area contributed by atoms with E-state index in [4.69, 9.17) is 9.52 Å². The van der Waals surface area contributed by atoms with E-state index in [2.05, 4.69) is 28.5 Å². The van der Waals surface area contributed by atoms with E-state index in [1.165, 1.54) is 11.8 Å². The molecule has 2 heterocycles. The second-order valence-electron chi connectivity index (χ2n) is 7.13. The SMILES string of the molecule is Cc1ccccc1-c1nnc(SCc2cn(-c3ccccc3)nc2-c2ccccc2)o1. The molecule has 0 atom stereocenters. The summed E-state index contributed by atoms with van der Waals surface area (Å²) < 4.78 is 7.84. The molecule has 2 aromatic heterocycles. The first-order valence-corrected chi connectivity index (χ1v) is 11.0. The van der Waals surface area contributed by atoms with Crippen molar-refractivity contribution in [2.24, 2.45) is 0 Å². The van der Waals surface area contributed by atoms with Crippen LogP contribution in [0.3, 0.4) is 0 Å². The van der Waals surface area contributed by atoms with Crippen LogP contribution < -0.4 is 0 Å². The first-order valence-electron chi connectivity index (χ1n) is 9.99. The smallest absolute Gasteiger partial charge is 0.277 e. The number of benzene rings is 3. The molecule has 0 saturated carbocycles. The van der Waals surface area contributed by atoms with Crippen LogP contribution in [0.25, 0.3) is 28.4 Å². The van der Waals surface area contributed by atoms with Crippen LogP contribution in [-0.2, 0) is 5.75 Å². The fourth-order valence-electron chi connectivity index (χ4n) is 3.40. The maximum Gasteiger partial charge on any atom is 0.277 e. The number of aryl methyl sites for hydroxylation is 1. The summed E-state index contributed by atoms with van der Waals surface area (Å²) in [7, 11) is 0. The van der Waals surface area contributed by atoms with Gasteiger partial charge in [0.1, 0.15) is 0 Å². The lowest BCUT2D eigenvalue weighted by Crippen LogP contribution is -1.93. The maximum absolute atomic E-state index is 5.92. The Morgan fingerprint density at radius 3 is 2.32 bits per heavy atom. The van der Waals surface area contributed by atoms with Gasteiger partial charge in [-0.15, -0.1) is 10.2 Å². The second kappa shape index (κ2) is 8.62. The summed E-state index contributed by atoms with van der Waals surface area (Å²) in [5, 5.41) is 13.9. The number of thioether (sulfide) groups is 1. The molecule has 0 unspecified atom stereocenters. The van der Waals surface area contributed by atoms with Crippen molar-refractivity contribution in [1.82, 2.24) is 20.0 Å². The summed E-state index contributed by atoms with van der Waals surface area (Å²) >= 11 is 1.52. The van der Waals surface area contributed by atoms with Crippen LogP contribution in [-0.4, -0.2) is 20.0 Å². The number of nitrogens with zero attached hydrogens (tertiary/aromatic N) is 4. The largest absolute Gasteiger partial charge is 0.411 e. The molecule has 0 aliphatic carbocycles. The van der Waals surface area contributed by atoms with E-state index >= 15 is 0 Å². The highest BCUT2D eigenvalue weighted by Crippen LogP contribution is 2.31. The highest BCUT2D eigenvalue weighted by Gasteiger charge is 2.15. The molecule has 5 aromatic rings. The molecule has 0 aliphatic rings. The minimum Gasteiger partial charge on any atom is -0.411 e. The van der Waals surface area contributed by atoms with Crippen molar-refractivity contribution >= 4 is 11.8 Å². The van der Waals surface area contributed by atoms with Crippen molar-refractivity contribution in [1.29, 1.82) is 0 Å². The van der Waals surface area contributed by atoms with Gasteiger partial charge in [0.05, 0.1) is 11.4 Å². The lowest BCUT2D eigenvalue weighted by molar-refractivity contribution is 0.465. The Balaban J connectivity index is 1.43. The third-order valence-electron chi connectivity index (χ3n) is 4.99. The average molecular weight is 425 g/mol. The highest BCUT2D eigenvalue weighted by molar-refractivity contribution is 7.98. The summed E-state index contributed by atoms with van der Waals surface area (Å²) in [5.41, 5.74) is 6.24. The van der Waals surface area contributed by atoms with Gasteiger partial charge in [-0.3, -0.25) is 0 Å². The third-order valence-corrected chi connectivity index (χ3v) is 5.86. The van der Waals surface area contributed by atoms with Crippen molar-refractivity contribution in [2.75, 3.05) is 0 Å². The summed E-state index contributed by atoms with van der Waals surface area (Å²) in [5.74, 6) is 1.22. The maximum atomic E-state index is 5.92. The number of hydrogen-bond acceptors (Lipinski definition) is 5. The molecule has 6 heteroatoms. The lowest BCUT2D eigenvalue weighted by atomic mass is 10.1. The van der Waals surface area contributed by atoms with Crippen molar-refractivity contribution in [3.8, 4) is 28.4 Å². The molecule has 0 fully saturated rings. The topological polar surface area (TPSA) is 56.7 Å². The highest BCUT2D eigenvalue weighted by atomic mass is 32.2. The van der Waals surface area contributed by atoms with Crippen LogP contribution in [0.4, 0.5) is 0 Å². The van der Waals surface area contributed by atoms with E-state index in [0.717, 1.165) is 33.6 Å². The average Bonchev–Trinajstić information content (AvgIpc) is 3.47. The molecule has 5 rings (SSSR count). The summed E-state index contributed by atoms with van der Waals surface area (Å²) in [6.07, 6.45) is 2.07. The molecular weight excluding hydrogens is 404 g/mol. The Bertz CT molecular complexity index is 1300. The van der Waals surface area contributed by atoms with Gasteiger partial charge in [0.25, 0.3) is 5.22 Å². The molecule has 0 bridgehead atoms. The van der Waals surface area contributed by atoms with Gasteiger partial charge in [0, 0.05) is 28.6 Å². The van der Waals surface area contributed by atoms with E-state index in [1.807, 2.05) is 84.4 Å². The van der Waals surface area contributed by atoms with E-state index in [9.17, 15) is 0 Å². The molecule has 0 spiro atoms. The van der Waals surface area contributed by atoms with Gasteiger partial charge < -0.3 is 4.42 Å². The minimum atomic E-state index is 0.545. The Labute approximate surface area is 184 Å². The molecule has 0 N–H and O–H groups in total. The van der Waals surface area contributed by atoms with E-state index < -0.39 is 0 Å². The molecule has 3 aromatic carbocycles. The first-order chi connectivity index (χ1) is 15.3. The number of para-hydroxylation sites is 1. The third kappa shape index (κ3) is 4.15. The Morgan fingerprint density at radius 1 is 0.839 bits per heavy atom. The zero-order chi connectivity index (χ0) is 21.0. The molecular formula is C25H20N4OS. The van der Waals surface area contributed by atoms with Gasteiger partial charge in [-0.05, 0) is 30.7 Å². The van der Waals surface area contributed by atoms with Crippen LogP contribution in [0.15, 0.2) is 101 Å². The molecule has 0 radical (unpaired) electrons. The Morgan fingerprint density at radius 2 is 1.55 bits per heavy atom. The molecule has 5 nitrogen and oxygen atoms in total. The molecule has 0 aliphatic heterocycles. The molecule has 0 saturated heterocycles. The predicted octanol–water partition coefficient (Wildman–Crippen LogP) is 6.19. The fraction of sp³-hybridized carbons (Fsp3) is 0.0800. The van der Waals surface area contributed by atoms with Gasteiger partial charge in [-0.1, -0.05) is 78.5 Å². The van der Waals surface area contributed by atoms with Gasteiger partial charge >= 0.3 is 0 Å². The lowest BCUT2D eigenvalue weighted by Gasteiger charge is -2.01. The van der Waals surface area contributed by atoms with Gasteiger partial charge in [0.2, 0.25) is 5.89 Å². The summed E-state index contributed by atoms with van der Waals surface area (Å²) in [6.45, 7) is 2.04. The van der Waals surface area contributed by atoms with Crippen LogP contribution in [0.1, 0.15) is 11.1 Å².